The Labute approximate surface area is 244 Å². The van der Waals surface area contributed by atoms with Crippen LogP contribution in [0.5, 0.6) is 0 Å². The molecule has 1 aliphatic carbocycles. The summed E-state index contributed by atoms with van der Waals surface area (Å²) >= 11 is 0. The van der Waals surface area contributed by atoms with Crippen LogP contribution in [0.25, 0.3) is 17.2 Å². The first kappa shape index (κ1) is 29.1. The van der Waals surface area contributed by atoms with E-state index >= 15 is 0 Å². The summed E-state index contributed by atoms with van der Waals surface area (Å²) in [4.78, 5) is 26.3. The lowest BCUT2D eigenvalue weighted by atomic mass is 9.87. The van der Waals surface area contributed by atoms with Crippen LogP contribution in [-0.2, 0) is 27.4 Å². The number of pyridine rings is 2. The van der Waals surface area contributed by atoms with Crippen molar-refractivity contribution in [2.45, 2.75) is 44.9 Å². The number of nitrogens with zero attached hydrogens (tertiary/aromatic N) is 4. The highest BCUT2D eigenvalue weighted by atomic mass is 19.1. The highest BCUT2D eigenvalue weighted by Gasteiger charge is 2.26. The Bertz CT molecular complexity index is 1500. The molecule has 4 aromatic rings. The van der Waals surface area contributed by atoms with Gasteiger partial charge in [0.15, 0.2) is 0 Å². The van der Waals surface area contributed by atoms with Crippen molar-refractivity contribution in [1.82, 2.24) is 19.5 Å². The molecule has 1 aromatic carbocycles. The van der Waals surface area contributed by atoms with E-state index in [2.05, 4.69) is 27.2 Å². The second-order valence-electron chi connectivity index (χ2n) is 10.2. The van der Waals surface area contributed by atoms with Crippen molar-refractivity contribution in [2.24, 2.45) is 5.92 Å². The van der Waals surface area contributed by atoms with Gasteiger partial charge in [0.05, 0.1) is 25.0 Å². The second kappa shape index (κ2) is 14.0. The molecule has 42 heavy (non-hydrogen) atoms. The van der Waals surface area contributed by atoms with E-state index < -0.39 is 0 Å². The summed E-state index contributed by atoms with van der Waals surface area (Å²) in [5.74, 6) is 1.47. The Morgan fingerprint density at radius 3 is 2.60 bits per heavy atom. The zero-order valence-corrected chi connectivity index (χ0v) is 23.6. The van der Waals surface area contributed by atoms with Crippen molar-refractivity contribution >= 4 is 29.3 Å². The van der Waals surface area contributed by atoms with E-state index in [0.29, 0.717) is 36.2 Å². The van der Waals surface area contributed by atoms with Crippen LogP contribution in [0.2, 0.25) is 0 Å². The first-order valence-electron chi connectivity index (χ1n) is 14.1. The number of hydrogen-bond acceptors (Lipinski definition) is 7. The maximum atomic E-state index is 13.5. The third kappa shape index (κ3) is 7.65. The summed E-state index contributed by atoms with van der Waals surface area (Å²) in [5, 5.41) is 6.25. The number of anilines is 3. The smallest absolute Gasteiger partial charge is 0.228 e. The average Bonchev–Trinajstić information content (AvgIpc) is 3.48. The number of hydrogen-bond donors (Lipinski definition) is 2. The molecule has 3 aromatic heterocycles. The summed E-state index contributed by atoms with van der Waals surface area (Å²) in [5.41, 5.74) is 3.15. The SMILES string of the molecule is C=Cc1nccn1CCOCc1cc(-c2ccnc(NC(=O)C3CCC(OC)CC3)c2)cc(Nc2ccc(F)cc2)n1. The van der Waals surface area contributed by atoms with Crippen LogP contribution >= 0.6 is 0 Å². The number of methoxy groups -OCH3 is 1. The van der Waals surface area contributed by atoms with Gasteiger partial charge in [-0.05, 0) is 91.4 Å². The van der Waals surface area contributed by atoms with E-state index in [1.165, 1.54) is 12.1 Å². The van der Waals surface area contributed by atoms with Crippen molar-refractivity contribution in [3.8, 4) is 11.1 Å². The minimum atomic E-state index is -0.313. The van der Waals surface area contributed by atoms with Gasteiger partial charge in [-0.1, -0.05) is 6.58 Å². The highest BCUT2D eigenvalue weighted by molar-refractivity contribution is 5.92. The van der Waals surface area contributed by atoms with Crippen LogP contribution in [-0.4, -0.2) is 45.2 Å². The number of ether oxygens (including phenoxy) is 2. The molecule has 218 valence electrons. The highest BCUT2D eigenvalue weighted by Crippen LogP contribution is 2.29. The topological polar surface area (TPSA) is 103 Å². The fourth-order valence-corrected chi connectivity index (χ4v) is 5.08. The number of halogens is 1. The summed E-state index contributed by atoms with van der Waals surface area (Å²) in [6.45, 7) is 5.15. The predicted octanol–water partition coefficient (Wildman–Crippen LogP) is 6.23. The van der Waals surface area contributed by atoms with Gasteiger partial charge in [0.2, 0.25) is 5.91 Å². The molecule has 0 radical (unpaired) electrons. The number of carbonyl (C=O) groups is 1. The number of imidazole rings is 1. The molecule has 9 nitrogen and oxygen atoms in total. The number of carbonyl (C=O) groups excluding carboxylic acids is 1. The molecule has 0 saturated heterocycles. The molecule has 1 saturated carbocycles. The van der Waals surface area contributed by atoms with E-state index in [0.717, 1.165) is 42.6 Å². The molecule has 0 atom stereocenters. The average molecular weight is 571 g/mol. The molecule has 0 bridgehead atoms. The van der Waals surface area contributed by atoms with Gasteiger partial charge in [-0.25, -0.2) is 19.3 Å². The molecule has 1 aliphatic rings. The van der Waals surface area contributed by atoms with Crippen LogP contribution in [0.3, 0.4) is 0 Å². The van der Waals surface area contributed by atoms with Crippen molar-refractivity contribution < 1.29 is 18.7 Å². The van der Waals surface area contributed by atoms with Gasteiger partial charge in [-0.2, -0.15) is 0 Å². The minimum absolute atomic E-state index is 0.0193. The monoisotopic (exact) mass is 570 g/mol. The third-order valence-electron chi connectivity index (χ3n) is 7.37. The molecule has 3 heterocycles. The number of nitrogens with one attached hydrogen (secondary N) is 2. The van der Waals surface area contributed by atoms with Gasteiger partial charge in [-0.15, -0.1) is 0 Å². The summed E-state index contributed by atoms with van der Waals surface area (Å²) in [6, 6.07) is 13.7. The standard InChI is InChI=1S/C32H35FN6O3/c1-3-31-35-14-15-39(31)16-17-42-21-27-18-24(20-30(37-27)36-26-8-6-25(33)7-9-26)23-12-13-34-29(19-23)38-32(40)22-4-10-28(41-2)11-5-22/h3,6-9,12-15,18-20,22,28H,1,4-5,10-11,16-17,21H2,2H3,(H,36,37)(H,34,38,40). The Hall–Kier alpha value is -4.41. The number of benzene rings is 1. The van der Waals surface area contributed by atoms with E-state index in [1.807, 2.05) is 35.0 Å². The zero-order valence-electron chi connectivity index (χ0n) is 23.6. The van der Waals surface area contributed by atoms with Gasteiger partial charge in [0.1, 0.15) is 23.3 Å². The third-order valence-corrected chi connectivity index (χ3v) is 7.37. The molecule has 0 spiro atoms. The molecular formula is C32H35FN6O3. The summed E-state index contributed by atoms with van der Waals surface area (Å²) < 4.78 is 26.8. The molecule has 0 unspecified atom stereocenters. The lowest BCUT2D eigenvalue weighted by Crippen LogP contribution is -2.29. The van der Waals surface area contributed by atoms with E-state index in [9.17, 15) is 9.18 Å². The maximum Gasteiger partial charge on any atom is 0.228 e. The van der Waals surface area contributed by atoms with E-state index in [-0.39, 0.29) is 30.4 Å². The largest absolute Gasteiger partial charge is 0.381 e. The maximum absolute atomic E-state index is 13.5. The van der Waals surface area contributed by atoms with Crippen LogP contribution in [0.15, 0.2) is 73.7 Å². The fraction of sp³-hybridized carbons (Fsp3) is 0.312. The van der Waals surface area contributed by atoms with E-state index in [1.54, 1.807) is 37.7 Å². The van der Waals surface area contributed by atoms with Gasteiger partial charge in [0.25, 0.3) is 0 Å². The number of aromatic nitrogens is 4. The van der Waals surface area contributed by atoms with Gasteiger partial charge >= 0.3 is 0 Å². The van der Waals surface area contributed by atoms with Gasteiger partial charge in [0, 0.05) is 43.9 Å². The van der Waals surface area contributed by atoms with Gasteiger partial charge < -0.3 is 24.7 Å². The van der Waals surface area contributed by atoms with Crippen molar-refractivity contribution in [2.75, 3.05) is 24.4 Å². The number of amides is 1. The normalized spacial score (nSPS) is 16.6. The van der Waals surface area contributed by atoms with Gasteiger partial charge in [-0.3, -0.25) is 4.79 Å². The molecular weight excluding hydrogens is 535 g/mol. The van der Waals surface area contributed by atoms with Crippen molar-refractivity contribution in [3.63, 3.8) is 0 Å². The van der Waals surface area contributed by atoms with Crippen LogP contribution in [0, 0.1) is 11.7 Å². The van der Waals surface area contributed by atoms with Crippen LogP contribution in [0.1, 0.15) is 37.2 Å². The van der Waals surface area contributed by atoms with Crippen LogP contribution in [0.4, 0.5) is 21.7 Å². The Morgan fingerprint density at radius 2 is 1.83 bits per heavy atom. The molecule has 10 heteroatoms. The molecule has 1 amide bonds. The summed E-state index contributed by atoms with van der Waals surface area (Å²) in [6.07, 6.45) is 10.6. The molecule has 5 rings (SSSR count). The number of rotatable bonds is 12. The van der Waals surface area contributed by atoms with Crippen molar-refractivity contribution in [3.05, 3.63) is 91.0 Å². The lowest BCUT2D eigenvalue weighted by Gasteiger charge is -2.26. The molecule has 1 fully saturated rings. The predicted molar refractivity (Wildman–Crippen MR) is 161 cm³/mol. The second-order valence-corrected chi connectivity index (χ2v) is 10.2. The Kier molecular flexibility index (Phi) is 9.68. The summed E-state index contributed by atoms with van der Waals surface area (Å²) in [7, 11) is 1.72. The Balaban J connectivity index is 1.31. The first-order chi connectivity index (χ1) is 20.5. The lowest BCUT2D eigenvalue weighted by molar-refractivity contribution is -0.121. The fourth-order valence-electron chi connectivity index (χ4n) is 5.08. The first-order valence-corrected chi connectivity index (χ1v) is 14.1. The van der Waals surface area contributed by atoms with Crippen molar-refractivity contribution in [1.29, 1.82) is 0 Å². The quantitative estimate of drug-likeness (QED) is 0.195. The molecule has 2 N–H and O–H groups in total. The van der Waals surface area contributed by atoms with E-state index in [4.69, 9.17) is 14.5 Å². The zero-order chi connectivity index (χ0) is 29.3. The molecule has 0 aliphatic heterocycles. The Morgan fingerprint density at radius 1 is 1.05 bits per heavy atom. The van der Waals surface area contributed by atoms with Crippen LogP contribution < -0.4 is 10.6 Å². The minimum Gasteiger partial charge on any atom is -0.381 e.